The predicted molar refractivity (Wildman–Crippen MR) is 246 cm³/mol. The summed E-state index contributed by atoms with van der Waals surface area (Å²) in [6.07, 6.45) is 7.22. The quantitative estimate of drug-likeness (QED) is 0.153. The van der Waals surface area contributed by atoms with Gasteiger partial charge in [0.25, 0.3) is 0 Å². The maximum absolute atomic E-state index is 5.12. The van der Waals surface area contributed by atoms with Crippen molar-refractivity contribution in [3.05, 3.63) is 213 Å². The fourth-order valence-electron chi connectivity index (χ4n) is 8.03. The summed E-state index contributed by atoms with van der Waals surface area (Å²) in [4.78, 5) is 29.0. The number of nitrogens with zero attached hydrogens (tertiary/aromatic N) is 7. The lowest BCUT2D eigenvalue weighted by Gasteiger charge is -2.12. The third-order valence-electron chi connectivity index (χ3n) is 11.0. The van der Waals surface area contributed by atoms with Gasteiger partial charge in [-0.3, -0.25) is 9.97 Å². The molecule has 0 spiro atoms. The Bertz CT molecular complexity index is 3270. The van der Waals surface area contributed by atoms with E-state index in [4.69, 9.17) is 19.9 Å². The Morgan fingerprint density at radius 3 is 1.48 bits per heavy atom. The lowest BCUT2D eigenvalue weighted by Crippen LogP contribution is -2.00. The van der Waals surface area contributed by atoms with Gasteiger partial charge in [0.2, 0.25) is 0 Å². The fourth-order valence-corrected chi connectivity index (χ4v) is 8.03. The molecule has 0 radical (unpaired) electrons. The van der Waals surface area contributed by atoms with E-state index in [1.165, 1.54) is 21.8 Å². The molecule has 0 aliphatic heterocycles. The number of aromatic nitrogens is 7. The van der Waals surface area contributed by atoms with E-state index in [9.17, 15) is 0 Å². The average Bonchev–Trinajstić information content (AvgIpc) is 3.68. The summed E-state index contributed by atoms with van der Waals surface area (Å²) in [7, 11) is 0. The van der Waals surface area contributed by atoms with Crippen molar-refractivity contribution in [2.75, 3.05) is 0 Å². The van der Waals surface area contributed by atoms with Gasteiger partial charge in [0, 0.05) is 69.1 Å². The van der Waals surface area contributed by atoms with Crippen molar-refractivity contribution < 1.29 is 0 Å². The highest BCUT2D eigenvalue weighted by Crippen LogP contribution is 2.36. The van der Waals surface area contributed by atoms with E-state index >= 15 is 0 Å². The summed E-state index contributed by atoms with van der Waals surface area (Å²) >= 11 is 0. The number of para-hydroxylation sites is 2. The molecule has 0 fully saturated rings. The maximum Gasteiger partial charge on any atom is 0.164 e. The largest absolute Gasteiger partial charge is 0.309 e. The summed E-state index contributed by atoms with van der Waals surface area (Å²) in [5.74, 6) is 1.79. The first kappa shape index (κ1) is 35.7. The molecule has 11 aromatic rings. The molecule has 0 amide bonds. The van der Waals surface area contributed by atoms with E-state index in [-0.39, 0.29) is 0 Å². The Hall–Kier alpha value is -8.42. The molecule has 0 aliphatic rings. The molecule has 0 aliphatic carbocycles. The summed E-state index contributed by atoms with van der Waals surface area (Å²) in [6.45, 7) is 0. The van der Waals surface area contributed by atoms with Crippen molar-refractivity contribution in [2.24, 2.45) is 0 Å². The molecule has 11 rings (SSSR count). The van der Waals surface area contributed by atoms with E-state index in [2.05, 4.69) is 142 Å². The molecule has 6 aromatic carbocycles. The molecule has 286 valence electrons. The Morgan fingerprint density at radius 1 is 0.295 bits per heavy atom. The van der Waals surface area contributed by atoms with Gasteiger partial charge in [0.1, 0.15) is 0 Å². The third-order valence-corrected chi connectivity index (χ3v) is 11.0. The van der Waals surface area contributed by atoms with E-state index in [0.29, 0.717) is 17.5 Å². The second-order valence-electron chi connectivity index (χ2n) is 14.9. The molecule has 0 atom stereocenters. The van der Waals surface area contributed by atoms with Crippen LogP contribution in [0.15, 0.2) is 213 Å². The Labute approximate surface area is 352 Å². The average molecular weight is 782 g/mol. The van der Waals surface area contributed by atoms with Crippen LogP contribution in [0.5, 0.6) is 0 Å². The van der Waals surface area contributed by atoms with Gasteiger partial charge in [-0.1, -0.05) is 121 Å². The number of hydrogen-bond donors (Lipinski definition) is 0. The van der Waals surface area contributed by atoms with Crippen LogP contribution < -0.4 is 0 Å². The second kappa shape index (κ2) is 15.4. The summed E-state index contributed by atoms with van der Waals surface area (Å²) < 4.78 is 2.35. The molecule has 5 heterocycles. The van der Waals surface area contributed by atoms with Crippen molar-refractivity contribution in [3.63, 3.8) is 0 Å². The van der Waals surface area contributed by atoms with Crippen LogP contribution in [0.3, 0.4) is 0 Å². The molecule has 0 unspecified atom stereocenters. The topological polar surface area (TPSA) is 82.3 Å². The molecule has 0 N–H and O–H groups in total. The SMILES string of the molecule is c1ccc(-c2nc(-c3ccc(-c4ccc5c6ccccc6n(-c6ccccc6)c5c4)cc3)nc(-c3cccc(-c4cc(-c5cccnc5)nc(-c5cccnc5)c4)c3)n2)cc1. The van der Waals surface area contributed by atoms with Crippen LogP contribution in [-0.4, -0.2) is 34.5 Å². The van der Waals surface area contributed by atoms with Gasteiger partial charge < -0.3 is 4.57 Å². The fraction of sp³-hybridized carbons (Fsp3) is 0. The summed E-state index contributed by atoms with van der Waals surface area (Å²) in [5.41, 5.74) is 13.9. The molecule has 7 heteroatoms. The summed E-state index contributed by atoms with van der Waals surface area (Å²) in [5, 5.41) is 2.46. The number of benzene rings is 6. The van der Waals surface area contributed by atoms with Crippen molar-refractivity contribution in [1.29, 1.82) is 0 Å². The summed E-state index contributed by atoms with van der Waals surface area (Å²) in [6, 6.07) is 64.9. The van der Waals surface area contributed by atoms with Crippen molar-refractivity contribution in [2.45, 2.75) is 0 Å². The van der Waals surface area contributed by atoms with E-state index in [1.54, 1.807) is 12.4 Å². The van der Waals surface area contributed by atoms with Gasteiger partial charge in [-0.2, -0.15) is 0 Å². The molecule has 5 aromatic heterocycles. The van der Waals surface area contributed by atoms with Gasteiger partial charge in [-0.15, -0.1) is 0 Å². The molecule has 0 saturated heterocycles. The minimum Gasteiger partial charge on any atom is -0.309 e. The van der Waals surface area contributed by atoms with Crippen molar-refractivity contribution in [1.82, 2.24) is 34.5 Å². The van der Waals surface area contributed by atoms with Crippen LogP contribution in [0.2, 0.25) is 0 Å². The van der Waals surface area contributed by atoms with Gasteiger partial charge in [-0.05, 0) is 89.0 Å². The lowest BCUT2D eigenvalue weighted by atomic mass is 9.99. The predicted octanol–water partition coefficient (Wildman–Crippen LogP) is 12.8. The first-order valence-electron chi connectivity index (χ1n) is 20.2. The molecule has 61 heavy (non-hydrogen) atoms. The van der Waals surface area contributed by atoms with Gasteiger partial charge in [-0.25, -0.2) is 19.9 Å². The molecular formula is C54H35N7. The normalized spacial score (nSPS) is 11.3. The van der Waals surface area contributed by atoms with Crippen LogP contribution in [0.4, 0.5) is 0 Å². The number of pyridine rings is 3. The Balaban J connectivity index is 0.989. The van der Waals surface area contributed by atoms with Crippen LogP contribution in [0.25, 0.3) is 106 Å². The monoisotopic (exact) mass is 781 g/mol. The number of rotatable bonds is 8. The van der Waals surface area contributed by atoms with Gasteiger partial charge in [0.15, 0.2) is 17.5 Å². The highest BCUT2D eigenvalue weighted by atomic mass is 15.0. The van der Waals surface area contributed by atoms with E-state index in [1.807, 2.05) is 73.1 Å². The zero-order valence-electron chi connectivity index (χ0n) is 32.8. The Kier molecular flexibility index (Phi) is 9.02. The van der Waals surface area contributed by atoms with Crippen LogP contribution in [0, 0.1) is 0 Å². The Morgan fingerprint density at radius 2 is 0.803 bits per heavy atom. The first-order valence-corrected chi connectivity index (χ1v) is 20.2. The minimum absolute atomic E-state index is 0.586. The second-order valence-corrected chi connectivity index (χ2v) is 14.9. The van der Waals surface area contributed by atoms with Gasteiger partial charge >= 0.3 is 0 Å². The first-order chi connectivity index (χ1) is 30.2. The number of hydrogen-bond acceptors (Lipinski definition) is 6. The maximum atomic E-state index is 5.12. The third kappa shape index (κ3) is 6.90. The van der Waals surface area contributed by atoms with E-state index in [0.717, 1.165) is 67.1 Å². The molecule has 0 saturated carbocycles. The highest BCUT2D eigenvalue weighted by molar-refractivity contribution is 6.10. The molecule has 0 bridgehead atoms. The van der Waals surface area contributed by atoms with Crippen LogP contribution in [0.1, 0.15) is 0 Å². The van der Waals surface area contributed by atoms with Crippen molar-refractivity contribution in [3.8, 4) is 84.6 Å². The highest BCUT2D eigenvalue weighted by Gasteiger charge is 2.16. The van der Waals surface area contributed by atoms with Crippen molar-refractivity contribution >= 4 is 21.8 Å². The van der Waals surface area contributed by atoms with Crippen LogP contribution in [-0.2, 0) is 0 Å². The zero-order valence-corrected chi connectivity index (χ0v) is 32.8. The standard InChI is InChI=1S/C54H35N7/c1-3-12-37(13-4-1)52-58-53(38-24-22-36(23-25-38)40-26-27-47-46-20-7-8-21-50(46)61(51(47)33-40)45-18-5-2-6-19-45)60-54(59-52)41-15-9-14-39(30-41)44-31-48(42-16-10-28-55-34-42)57-49(32-44)43-17-11-29-56-35-43/h1-35H. The molecule has 7 nitrogen and oxygen atoms in total. The zero-order chi connectivity index (χ0) is 40.5. The van der Waals surface area contributed by atoms with Crippen LogP contribution >= 0.6 is 0 Å². The minimum atomic E-state index is 0.586. The molecular weight excluding hydrogens is 747 g/mol. The van der Waals surface area contributed by atoms with Gasteiger partial charge in [0.05, 0.1) is 22.4 Å². The lowest BCUT2D eigenvalue weighted by molar-refractivity contribution is 1.07. The smallest absolute Gasteiger partial charge is 0.164 e. The number of fused-ring (bicyclic) bond motifs is 3. The van der Waals surface area contributed by atoms with E-state index < -0.39 is 0 Å².